The van der Waals surface area contributed by atoms with E-state index in [1.807, 2.05) is 0 Å². The van der Waals surface area contributed by atoms with Gasteiger partial charge in [-0.25, -0.2) is 0 Å². The van der Waals surface area contributed by atoms with Crippen LogP contribution in [-0.2, 0) is 14.9 Å². The Morgan fingerprint density at radius 2 is 1.30 bits per heavy atom. The summed E-state index contributed by atoms with van der Waals surface area (Å²) < 4.78 is 27.3. The van der Waals surface area contributed by atoms with Crippen molar-refractivity contribution >= 4 is 16.1 Å². The molecule has 0 amide bonds. The highest BCUT2D eigenvalue weighted by atomic mass is 32.2. The Bertz CT molecular complexity index is 449. The first kappa shape index (κ1) is 28.3. The second-order valence-corrected chi connectivity index (χ2v) is 8.37. The summed E-state index contributed by atoms with van der Waals surface area (Å²) in [7, 11) is -3.80. The van der Waals surface area contributed by atoms with Crippen molar-refractivity contribution in [3.05, 3.63) is 12.2 Å². The van der Waals surface area contributed by atoms with Crippen molar-refractivity contribution in [2.75, 3.05) is 12.3 Å². The Morgan fingerprint density at radius 1 is 0.852 bits per heavy atom. The summed E-state index contributed by atoms with van der Waals surface area (Å²) in [5.74, 6) is -1.02. The molecule has 6 nitrogen and oxygen atoms in total. The van der Waals surface area contributed by atoms with Crippen molar-refractivity contribution in [3.63, 3.8) is 0 Å². The van der Waals surface area contributed by atoms with Crippen LogP contribution in [0.15, 0.2) is 12.2 Å². The fourth-order valence-corrected chi connectivity index (χ4v) is 2.79. The lowest BCUT2D eigenvalue weighted by atomic mass is 10.1. The fourth-order valence-electron chi connectivity index (χ4n) is 2.50. The third kappa shape index (κ3) is 33.1. The molecule has 0 unspecified atom stereocenters. The maximum absolute atomic E-state index is 10.3. The zero-order valence-corrected chi connectivity index (χ0v) is 17.9. The number of hydrogen-bond donors (Lipinski definition) is 3. The van der Waals surface area contributed by atoms with Gasteiger partial charge in [0.1, 0.15) is 0 Å². The normalized spacial score (nSPS) is 11.4. The SMILES string of the molecule is CCCCCCCC/C=C\CCCCCCCC(=O)O.NCCS(=O)(=O)O. The molecule has 0 atom stereocenters. The number of hydrogen-bond acceptors (Lipinski definition) is 4. The summed E-state index contributed by atoms with van der Waals surface area (Å²) >= 11 is 0. The van der Waals surface area contributed by atoms with Crippen LogP contribution in [0.2, 0.25) is 0 Å². The van der Waals surface area contributed by atoms with E-state index in [9.17, 15) is 13.2 Å². The standard InChI is InChI=1S/C18H34O2.C2H7NO3S/c1-2-3-4-5-6-7-8-9-10-11-12-13-14-15-16-17-18(19)20;3-1-2-7(4,5)6/h9-10H,2-8,11-17H2,1H3,(H,19,20);1-3H2,(H,4,5,6)/b10-9-;. The van der Waals surface area contributed by atoms with Crippen LogP contribution in [0.4, 0.5) is 0 Å². The highest BCUT2D eigenvalue weighted by molar-refractivity contribution is 7.85. The van der Waals surface area contributed by atoms with Crippen LogP contribution >= 0.6 is 0 Å². The molecule has 0 heterocycles. The van der Waals surface area contributed by atoms with Crippen LogP contribution in [0.25, 0.3) is 0 Å². The van der Waals surface area contributed by atoms with Gasteiger partial charge >= 0.3 is 5.97 Å². The summed E-state index contributed by atoms with van der Waals surface area (Å²) in [6.07, 6.45) is 21.2. The number of nitrogens with two attached hydrogens (primary N) is 1. The van der Waals surface area contributed by atoms with Gasteiger partial charge in [0.2, 0.25) is 0 Å². The smallest absolute Gasteiger partial charge is 0.303 e. The average Bonchev–Trinajstić information content (AvgIpc) is 2.57. The van der Waals surface area contributed by atoms with Crippen LogP contribution < -0.4 is 5.73 Å². The van der Waals surface area contributed by atoms with Gasteiger partial charge in [-0.05, 0) is 32.1 Å². The maximum atomic E-state index is 10.3. The first-order chi connectivity index (χ1) is 12.8. The molecule has 0 radical (unpaired) electrons. The Kier molecular flexibility index (Phi) is 22.4. The predicted molar refractivity (Wildman–Crippen MR) is 113 cm³/mol. The minimum Gasteiger partial charge on any atom is -0.481 e. The number of rotatable bonds is 17. The topological polar surface area (TPSA) is 118 Å². The molecule has 0 aliphatic heterocycles. The summed E-state index contributed by atoms with van der Waals surface area (Å²) in [5.41, 5.74) is 4.78. The van der Waals surface area contributed by atoms with Gasteiger partial charge in [0, 0.05) is 13.0 Å². The van der Waals surface area contributed by atoms with Crippen molar-refractivity contribution in [2.45, 2.75) is 96.8 Å². The van der Waals surface area contributed by atoms with Crippen molar-refractivity contribution < 1.29 is 22.9 Å². The summed E-state index contributed by atoms with van der Waals surface area (Å²) in [6.45, 7) is 2.23. The first-order valence-corrected chi connectivity index (χ1v) is 12.0. The van der Waals surface area contributed by atoms with Crippen molar-refractivity contribution in [2.24, 2.45) is 5.73 Å². The van der Waals surface area contributed by atoms with E-state index in [-0.39, 0.29) is 12.3 Å². The average molecular weight is 408 g/mol. The summed E-state index contributed by atoms with van der Waals surface area (Å²) in [4.78, 5) is 10.3. The van der Waals surface area contributed by atoms with Crippen molar-refractivity contribution in [1.82, 2.24) is 0 Å². The second-order valence-electron chi connectivity index (χ2n) is 6.80. The monoisotopic (exact) mass is 407 g/mol. The lowest BCUT2D eigenvalue weighted by molar-refractivity contribution is -0.137. The van der Waals surface area contributed by atoms with Gasteiger partial charge in [0.25, 0.3) is 10.1 Å². The molecule has 0 spiro atoms. The number of carboxylic acids is 1. The highest BCUT2D eigenvalue weighted by Crippen LogP contribution is 2.09. The molecule has 0 rings (SSSR count). The fraction of sp³-hybridized carbons (Fsp3) is 0.850. The van der Waals surface area contributed by atoms with Gasteiger partial charge in [-0.15, -0.1) is 0 Å². The molecule has 0 aromatic carbocycles. The molecular weight excluding hydrogens is 366 g/mol. The molecule has 27 heavy (non-hydrogen) atoms. The summed E-state index contributed by atoms with van der Waals surface area (Å²) in [5, 5.41) is 8.51. The van der Waals surface area contributed by atoms with E-state index in [0.29, 0.717) is 6.42 Å². The number of carboxylic acid groups (broad SMARTS) is 1. The van der Waals surface area contributed by atoms with Crippen LogP contribution in [0.1, 0.15) is 96.8 Å². The molecule has 0 saturated carbocycles. The van der Waals surface area contributed by atoms with E-state index >= 15 is 0 Å². The minimum absolute atomic E-state index is 0.0289. The van der Waals surface area contributed by atoms with Crippen LogP contribution in [0, 0.1) is 0 Å². The molecule has 0 aromatic rings. The van der Waals surface area contributed by atoms with Gasteiger partial charge < -0.3 is 10.8 Å². The summed E-state index contributed by atoms with van der Waals surface area (Å²) in [6, 6.07) is 0. The van der Waals surface area contributed by atoms with Crippen LogP contribution in [0.3, 0.4) is 0 Å². The highest BCUT2D eigenvalue weighted by Gasteiger charge is 1.98. The second kappa shape index (κ2) is 21.4. The Balaban J connectivity index is 0. The van der Waals surface area contributed by atoms with Gasteiger partial charge in [-0.1, -0.05) is 70.4 Å². The number of allylic oxidation sites excluding steroid dienone is 2. The Labute approximate surface area is 166 Å². The number of unbranched alkanes of at least 4 members (excludes halogenated alkanes) is 11. The molecule has 0 fully saturated rings. The third-order valence-electron chi connectivity index (χ3n) is 4.03. The molecule has 0 aliphatic carbocycles. The molecule has 0 aromatic heterocycles. The molecule has 0 aliphatic rings. The zero-order valence-electron chi connectivity index (χ0n) is 17.1. The van der Waals surface area contributed by atoms with E-state index in [4.69, 9.17) is 15.4 Å². The Morgan fingerprint density at radius 3 is 1.67 bits per heavy atom. The predicted octanol–water partition coefficient (Wildman–Crippen LogP) is 4.94. The molecule has 0 saturated heterocycles. The number of aliphatic carboxylic acids is 1. The van der Waals surface area contributed by atoms with Crippen LogP contribution in [0.5, 0.6) is 0 Å². The van der Waals surface area contributed by atoms with Crippen LogP contribution in [-0.4, -0.2) is 36.3 Å². The molecular formula is C20H41NO5S. The first-order valence-electron chi connectivity index (χ1n) is 10.4. The van der Waals surface area contributed by atoms with Crippen molar-refractivity contribution in [1.29, 1.82) is 0 Å². The van der Waals surface area contributed by atoms with E-state index in [1.54, 1.807) is 0 Å². The molecule has 0 bridgehead atoms. The van der Waals surface area contributed by atoms with E-state index < -0.39 is 16.1 Å². The molecule has 7 heteroatoms. The van der Waals surface area contributed by atoms with Gasteiger partial charge in [0.05, 0.1) is 5.75 Å². The third-order valence-corrected chi connectivity index (χ3v) is 4.78. The van der Waals surface area contributed by atoms with Gasteiger partial charge in [-0.2, -0.15) is 8.42 Å². The lowest BCUT2D eigenvalue weighted by Crippen LogP contribution is -2.13. The quantitative estimate of drug-likeness (QED) is 0.178. The molecule has 162 valence electrons. The number of carbonyl (C=O) groups is 1. The maximum Gasteiger partial charge on any atom is 0.303 e. The largest absolute Gasteiger partial charge is 0.481 e. The van der Waals surface area contributed by atoms with Crippen molar-refractivity contribution in [3.8, 4) is 0 Å². The van der Waals surface area contributed by atoms with E-state index in [1.165, 1.54) is 70.6 Å². The molecule has 4 N–H and O–H groups in total. The van der Waals surface area contributed by atoms with Gasteiger partial charge in [-0.3, -0.25) is 9.35 Å². The van der Waals surface area contributed by atoms with E-state index in [0.717, 1.165) is 12.8 Å². The van der Waals surface area contributed by atoms with E-state index in [2.05, 4.69) is 19.1 Å². The minimum atomic E-state index is -3.80. The lowest BCUT2D eigenvalue weighted by Gasteiger charge is -1.99. The zero-order chi connectivity index (χ0) is 20.8. The Hall–Kier alpha value is -0.920. The van der Waals surface area contributed by atoms with Gasteiger partial charge in [0.15, 0.2) is 0 Å².